The van der Waals surface area contributed by atoms with Crippen molar-refractivity contribution in [2.75, 3.05) is 0 Å². The van der Waals surface area contributed by atoms with Gasteiger partial charge < -0.3 is 10.2 Å². The van der Waals surface area contributed by atoms with Crippen molar-refractivity contribution in [1.29, 1.82) is 0 Å². The summed E-state index contributed by atoms with van der Waals surface area (Å²) in [4.78, 5) is 1.42. The van der Waals surface area contributed by atoms with Crippen molar-refractivity contribution in [3.63, 3.8) is 0 Å². The van der Waals surface area contributed by atoms with E-state index in [1.165, 1.54) is 4.88 Å². The summed E-state index contributed by atoms with van der Waals surface area (Å²) in [5.41, 5.74) is 6.07. The third-order valence-electron chi connectivity index (χ3n) is 2.68. The second kappa shape index (κ2) is 5.87. The van der Waals surface area contributed by atoms with Crippen molar-refractivity contribution in [3.05, 3.63) is 46.5 Å². The zero-order chi connectivity index (χ0) is 11.2. The molecular weight excluding hydrogens is 218 g/mol. The number of furan rings is 1. The minimum absolute atomic E-state index is 0.271. The Morgan fingerprint density at radius 1 is 1.19 bits per heavy atom. The molecule has 0 saturated heterocycles. The molecule has 3 heteroatoms. The van der Waals surface area contributed by atoms with Crippen LogP contribution >= 0.6 is 11.3 Å². The van der Waals surface area contributed by atoms with Gasteiger partial charge in [0, 0.05) is 17.3 Å². The molecular formula is C13H17NOS. The Labute approximate surface area is 100 Å². The maximum Gasteiger partial charge on any atom is 0.103 e. The highest BCUT2D eigenvalue weighted by atomic mass is 32.1. The maximum atomic E-state index is 6.07. The molecule has 0 aliphatic carbocycles. The second-order valence-electron chi connectivity index (χ2n) is 4.00. The van der Waals surface area contributed by atoms with Gasteiger partial charge in [0.25, 0.3) is 0 Å². The molecule has 0 aliphatic rings. The summed E-state index contributed by atoms with van der Waals surface area (Å²) in [6.45, 7) is 0. The van der Waals surface area contributed by atoms with Crippen molar-refractivity contribution in [3.8, 4) is 0 Å². The smallest absolute Gasteiger partial charge is 0.103 e. The summed E-state index contributed by atoms with van der Waals surface area (Å²) in [5.74, 6) is 1.03. The van der Waals surface area contributed by atoms with Crippen molar-refractivity contribution in [1.82, 2.24) is 0 Å². The fraction of sp³-hybridized carbons (Fsp3) is 0.385. The van der Waals surface area contributed by atoms with Crippen LogP contribution in [0.25, 0.3) is 0 Å². The van der Waals surface area contributed by atoms with Crippen LogP contribution in [0.2, 0.25) is 0 Å². The first kappa shape index (κ1) is 11.4. The molecule has 2 nitrogen and oxygen atoms in total. The molecule has 0 radical (unpaired) electrons. The quantitative estimate of drug-likeness (QED) is 0.835. The molecule has 0 bridgehead atoms. The Kier molecular flexibility index (Phi) is 4.19. The van der Waals surface area contributed by atoms with Crippen molar-refractivity contribution in [2.24, 2.45) is 5.73 Å². The molecule has 2 rings (SSSR count). The van der Waals surface area contributed by atoms with Crippen molar-refractivity contribution < 1.29 is 4.42 Å². The Morgan fingerprint density at radius 2 is 2.06 bits per heavy atom. The average Bonchev–Trinajstić information content (AvgIpc) is 2.96. The monoisotopic (exact) mass is 235 g/mol. The molecule has 0 saturated carbocycles. The molecule has 16 heavy (non-hydrogen) atoms. The molecule has 2 aromatic heterocycles. The van der Waals surface area contributed by atoms with Crippen LogP contribution in [0.3, 0.4) is 0 Å². The molecule has 2 N–H and O–H groups in total. The van der Waals surface area contributed by atoms with Crippen LogP contribution < -0.4 is 5.73 Å². The molecule has 86 valence electrons. The first-order valence-corrected chi connectivity index (χ1v) is 6.53. The van der Waals surface area contributed by atoms with Crippen LogP contribution in [-0.2, 0) is 12.8 Å². The standard InChI is InChI=1S/C13H17NOS/c14-11(5-7-12-3-1-9-15-12)6-8-13-4-2-10-16-13/h1-4,9-11H,5-8,14H2. The molecule has 2 aromatic rings. The third kappa shape index (κ3) is 3.51. The zero-order valence-corrected chi connectivity index (χ0v) is 10.1. The molecule has 0 aliphatic heterocycles. The Hall–Kier alpha value is -1.06. The van der Waals surface area contributed by atoms with Gasteiger partial charge in [0.2, 0.25) is 0 Å². The zero-order valence-electron chi connectivity index (χ0n) is 9.26. The minimum atomic E-state index is 0.271. The van der Waals surface area contributed by atoms with E-state index in [1.807, 2.05) is 12.1 Å². The van der Waals surface area contributed by atoms with Crippen LogP contribution in [0.15, 0.2) is 40.3 Å². The third-order valence-corrected chi connectivity index (χ3v) is 3.62. The molecule has 0 fully saturated rings. The summed E-state index contributed by atoms with van der Waals surface area (Å²) in [5, 5.41) is 2.11. The Bertz CT molecular complexity index is 342. The fourth-order valence-electron chi connectivity index (χ4n) is 1.71. The SMILES string of the molecule is NC(CCc1ccco1)CCc1cccs1. The highest BCUT2D eigenvalue weighted by Gasteiger charge is 2.05. The summed E-state index contributed by atoms with van der Waals surface area (Å²) in [7, 11) is 0. The lowest BCUT2D eigenvalue weighted by Crippen LogP contribution is -2.21. The van der Waals surface area contributed by atoms with E-state index < -0.39 is 0 Å². The predicted molar refractivity (Wildman–Crippen MR) is 67.6 cm³/mol. The average molecular weight is 235 g/mol. The first-order chi connectivity index (χ1) is 7.84. The van der Waals surface area contributed by atoms with Gasteiger partial charge in [-0.05, 0) is 42.8 Å². The van der Waals surface area contributed by atoms with Gasteiger partial charge in [-0.15, -0.1) is 11.3 Å². The van der Waals surface area contributed by atoms with E-state index in [0.717, 1.165) is 31.4 Å². The molecule has 0 spiro atoms. The number of hydrogen-bond donors (Lipinski definition) is 1. The lowest BCUT2D eigenvalue weighted by Gasteiger charge is -2.09. The number of rotatable bonds is 6. The van der Waals surface area contributed by atoms with E-state index in [-0.39, 0.29) is 6.04 Å². The van der Waals surface area contributed by atoms with E-state index in [1.54, 1.807) is 17.6 Å². The van der Waals surface area contributed by atoms with E-state index in [4.69, 9.17) is 10.2 Å². The van der Waals surface area contributed by atoms with Crippen LogP contribution in [-0.4, -0.2) is 6.04 Å². The number of thiophene rings is 1. The number of aryl methyl sites for hydroxylation is 2. The molecule has 0 aromatic carbocycles. The maximum absolute atomic E-state index is 6.07. The summed E-state index contributed by atoms with van der Waals surface area (Å²) in [6.07, 6.45) is 5.81. The lowest BCUT2D eigenvalue weighted by molar-refractivity contribution is 0.477. The van der Waals surface area contributed by atoms with Crippen molar-refractivity contribution >= 4 is 11.3 Å². The highest BCUT2D eigenvalue weighted by molar-refractivity contribution is 7.09. The van der Waals surface area contributed by atoms with E-state index in [0.29, 0.717) is 0 Å². The molecule has 2 heterocycles. The lowest BCUT2D eigenvalue weighted by atomic mass is 10.1. The fourth-order valence-corrected chi connectivity index (χ4v) is 2.43. The second-order valence-corrected chi connectivity index (χ2v) is 5.03. The highest BCUT2D eigenvalue weighted by Crippen LogP contribution is 2.13. The first-order valence-electron chi connectivity index (χ1n) is 5.65. The predicted octanol–water partition coefficient (Wildman–Crippen LogP) is 3.23. The Balaban J connectivity index is 1.66. The van der Waals surface area contributed by atoms with Gasteiger partial charge in [-0.3, -0.25) is 0 Å². The molecule has 1 unspecified atom stereocenters. The molecule has 0 amide bonds. The van der Waals surface area contributed by atoms with E-state index in [9.17, 15) is 0 Å². The summed E-state index contributed by atoms with van der Waals surface area (Å²) >= 11 is 1.81. The van der Waals surface area contributed by atoms with Crippen LogP contribution in [0.4, 0.5) is 0 Å². The van der Waals surface area contributed by atoms with Crippen LogP contribution in [0, 0.1) is 0 Å². The van der Waals surface area contributed by atoms with Gasteiger partial charge in [-0.25, -0.2) is 0 Å². The van der Waals surface area contributed by atoms with Gasteiger partial charge in [-0.2, -0.15) is 0 Å². The number of hydrogen-bond acceptors (Lipinski definition) is 3. The van der Waals surface area contributed by atoms with Crippen LogP contribution in [0.5, 0.6) is 0 Å². The largest absolute Gasteiger partial charge is 0.469 e. The van der Waals surface area contributed by atoms with Gasteiger partial charge in [-0.1, -0.05) is 6.07 Å². The normalized spacial score (nSPS) is 12.8. The van der Waals surface area contributed by atoms with E-state index >= 15 is 0 Å². The van der Waals surface area contributed by atoms with Gasteiger partial charge in [0.1, 0.15) is 5.76 Å². The van der Waals surface area contributed by atoms with Gasteiger partial charge in [0.05, 0.1) is 6.26 Å². The van der Waals surface area contributed by atoms with Gasteiger partial charge in [0.15, 0.2) is 0 Å². The summed E-state index contributed by atoms with van der Waals surface area (Å²) in [6, 6.07) is 8.46. The molecule has 1 atom stereocenters. The number of nitrogens with two attached hydrogens (primary N) is 1. The van der Waals surface area contributed by atoms with Crippen molar-refractivity contribution in [2.45, 2.75) is 31.7 Å². The van der Waals surface area contributed by atoms with E-state index in [2.05, 4.69) is 17.5 Å². The van der Waals surface area contributed by atoms with Gasteiger partial charge >= 0.3 is 0 Å². The minimum Gasteiger partial charge on any atom is -0.469 e. The Morgan fingerprint density at radius 3 is 2.75 bits per heavy atom. The topological polar surface area (TPSA) is 39.2 Å². The van der Waals surface area contributed by atoms with Crippen LogP contribution in [0.1, 0.15) is 23.5 Å². The summed E-state index contributed by atoms with van der Waals surface area (Å²) < 4.78 is 5.28.